The van der Waals surface area contributed by atoms with Crippen molar-refractivity contribution >= 4 is 20.0 Å². The molecule has 1 fully saturated rings. The highest BCUT2D eigenvalue weighted by Gasteiger charge is 2.29. The number of sulfonamides is 2. The maximum atomic E-state index is 13.7. The first-order valence-corrected chi connectivity index (χ1v) is 14.9. The van der Waals surface area contributed by atoms with E-state index in [0.29, 0.717) is 36.7 Å². The smallest absolute Gasteiger partial charge is 0.243 e. The quantitative estimate of drug-likeness (QED) is 0.395. The van der Waals surface area contributed by atoms with Gasteiger partial charge in [-0.25, -0.2) is 21.2 Å². The first kappa shape index (κ1) is 26.6. The van der Waals surface area contributed by atoms with Crippen LogP contribution in [0.25, 0.3) is 0 Å². The summed E-state index contributed by atoms with van der Waals surface area (Å²) in [5, 5.41) is 0. The molecule has 0 aromatic heterocycles. The van der Waals surface area contributed by atoms with Crippen molar-refractivity contribution < 1.29 is 35.4 Å². The lowest BCUT2D eigenvalue weighted by molar-refractivity contribution is 0.0730. The van der Waals surface area contributed by atoms with Crippen LogP contribution < -0.4 is 9.47 Å². The first-order chi connectivity index (χ1) is 18.2. The molecule has 0 bridgehead atoms. The molecule has 5 rings (SSSR count). The molecule has 0 spiro atoms. The zero-order valence-electron chi connectivity index (χ0n) is 20.5. The Bertz CT molecular complexity index is 1490. The van der Waals surface area contributed by atoms with Crippen LogP contribution in [0.5, 0.6) is 11.5 Å². The van der Waals surface area contributed by atoms with E-state index in [-0.39, 0.29) is 48.6 Å². The predicted octanol–water partition coefficient (Wildman–Crippen LogP) is 3.01. The number of nitrogens with zero attached hydrogens (tertiary/aromatic N) is 2. The molecule has 1 saturated heterocycles. The third-order valence-electron chi connectivity index (χ3n) is 6.43. The standard InChI is InChI=1S/C26H27FN2O7S2/c27-22-4-1-20(2-5-22)11-12-29(18-21-3-10-25-26(17-21)36-19-35-25)38(32,33)24-8-6-23(7-9-24)37(30,31)28-13-15-34-16-14-28/h1-10,17H,11-16,18-19H2. The van der Waals surface area contributed by atoms with Crippen LogP contribution in [0.3, 0.4) is 0 Å². The molecule has 0 unspecified atom stereocenters. The summed E-state index contributed by atoms with van der Waals surface area (Å²) >= 11 is 0. The second kappa shape index (κ2) is 11.0. The van der Waals surface area contributed by atoms with Crippen LogP contribution in [0.15, 0.2) is 76.5 Å². The van der Waals surface area contributed by atoms with Crippen molar-refractivity contribution in [2.75, 3.05) is 39.6 Å². The third-order valence-corrected chi connectivity index (χ3v) is 10.2. The van der Waals surface area contributed by atoms with E-state index in [1.165, 1.54) is 45.0 Å². The molecule has 0 saturated carbocycles. The van der Waals surface area contributed by atoms with Crippen molar-refractivity contribution in [2.45, 2.75) is 22.8 Å². The van der Waals surface area contributed by atoms with Crippen molar-refractivity contribution in [1.82, 2.24) is 8.61 Å². The molecule has 12 heteroatoms. The van der Waals surface area contributed by atoms with Crippen LogP contribution in [0, 0.1) is 5.82 Å². The molecule has 2 aliphatic heterocycles. The minimum atomic E-state index is -4.02. The summed E-state index contributed by atoms with van der Waals surface area (Å²) in [5.74, 6) is 0.758. The SMILES string of the molecule is O=S(=O)(c1ccc(S(=O)(=O)N(CCc2ccc(F)cc2)Cc2ccc3c(c2)OCO3)cc1)N1CCOCC1. The molecular formula is C26H27FN2O7S2. The molecule has 9 nitrogen and oxygen atoms in total. The normalized spacial score (nSPS) is 16.2. The molecule has 0 radical (unpaired) electrons. The molecule has 0 atom stereocenters. The fourth-order valence-corrected chi connectivity index (χ4v) is 7.14. The summed E-state index contributed by atoms with van der Waals surface area (Å²) in [7, 11) is -7.78. The summed E-state index contributed by atoms with van der Waals surface area (Å²) in [6.07, 6.45) is 0.355. The average molecular weight is 563 g/mol. The van der Waals surface area contributed by atoms with E-state index >= 15 is 0 Å². The minimum Gasteiger partial charge on any atom is -0.454 e. The Kier molecular flexibility index (Phi) is 7.68. The molecular weight excluding hydrogens is 535 g/mol. The first-order valence-electron chi connectivity index (χ1n) is 12.0. The number of hydrogen-bond acceptors (Lipinski definition) is 7. The van der Waals surface area contributed by atoms with E-state index in [1.807, 2.05) is 0 Å². The van der Waals surface area contributed by atoms with E-state index < -0.39 is 20.0 Å². The molecule has 0 amide bonds. The number of rotatable bonds is 9. The zero-order chi connectivity index (χ0) is 26.8. The van der Waals surface area contributed by atoms with Crippen molar-refractivity contribution in [3.05, 3.63) is 83.7 Å². The van der Waals surface area contributed by atoms with Gasteiger partial charge in [0.25, 0.3) is 0 Å². The van der Waals surface area contributed by atoms with Gasteiger partial charge >= 0.3 is 0 Å². The third kappa shape index (κ3) is 5.69. The molecule has 3 aromatic rings. The van der Waals surface area contributed by atoms with E-state index in [9.17, 15) is 21.2 Å². The van der Waals surface area contributed by atoms with Gasteiger partial charge < -0.3 is 14.2 Å². The van der Waals surface area contributed by atoms with Crippen molar-refractivity contribution in [3.8, 4) is 11.5 Å². The lowest BCUT2D eigenvalue weighted by atomic mass is 10.1. The van der Waals surface area contributed by atoms with E-state index in [2.05, 4.69) is 0 Å². The minimum absolute atomic E-state index is 0.0204. The number of benzene rings is 3. The predicted molar refractivity (Wildman–Crippen MR) is 136 cm³/mol. The highest BCUT2D eigenvalue weighted by molar-refractivity contribution is 7.89. The molecule has 0 aliphatic carbocycles. The van der Waals surface area contributed by atoms with Gasteiger partial charge in [0.05, 0.1) is 23.0 Å². The average Bonchev–Trinajstić information content (AvgIpc) is 3.40. The van der Waals surface area contributed by atoms with Gasteiger partial charge in [-0.05, 0) is 66.1 Å². The monoisotopic (exact) mass is 562 g/mol. The molecule has 3 aromatic carbocycles. The Morgan fingerprint density at radius 2 is 1.42 bits per heavy atom. The molecule has 38 heavy (non-hydrogen) atoms. The van der Waals surface area contributed by atoms with Crippen molar-refractivity contribution in [3.63, 3.8) is 0 Å². The van der Waals surface area contributed by atoms with Gasteiger partial charge in [-0.1, -0.05) is 18.2 Å². The summed E-state index contributed by atoms with van der Waals surface area (Å²) in [4.78, 5) is -0.00902. The lowest BCUT2D eigenvalue weighted by Gasteiger charge is -2.26. The maximum Gasteiger partial charge on any atom is 0.243 e. The number of morpholine rings is 1. The molecule has 0 N–H and O–H groups in total. The molecule has 2 heterocycles. The van der Waals surface area contributed by atoms with Gasteiger partial charge in [0, 0.05) is 26.2 Å². The van der Waals surface area contributed by atoms with Gasteiger partial charge in [0.2, 0.25) is 26.8 Å². The van der Waals surface area contributed by atoms with Gasteiger partial charge in [-0.15, -0.1) is 0 Å². The van der Waals surface area contributed by atoms with Crippen LogP contribution in [-0.2, 0) is 37.7 Å². The van der Waals surface area contributed by atoms with Crippen LogP contribution in [0.2, 0.25) is 0 Å². The van der Waals surface area contributed by atoms with Crippen LogP contribution in [-0.4, -0.2) is 65.1 Å². The summed E-state index contributed by atoms with van der Waals surface area (Å²) in [6, 6.07) is 16.4. The van der Waals surface area contributed by atoms with Crippen molar-refractivity contribution in [2.24, 2.45) is 0 Å². The topological polar surface area (TPSA) is 102 Å². The zero-order valence-corrected chi connectivity index (χ0v) is 22.1. The molecule has 202 valence electrons. The fourth-order valence-electron chi connectivity index (χ4n) is 4.30. The Morgan fingerprint density at radius 3 is 2.13 bits per heavy atom. The van der Waals surface area contributed by atoms with E-state index in [0.717, 1.165) is 5.56 Å². The number of halogens is 1. The van der Waals surface area contributed by atoms with Crippen LogP contribution >= 0.6 is 0 Å². The van der Waals surface area contributed by atoms with Gasteiger partial charge in [-0.2, -0.15) is 8.61 Å². The largest absolute Gasteiger partial charge is 0.454 e. The van der Waals surface area contributed by atoms with Gasteiger partial charge in [-0.3, -0.25) is 0 Å². The molecule has 2 aliphatic rings. The van der Waals surface area contributed by atoms with Gasteiger partial charge in [0.1, 0.15) is 5.82 Å². The summed E-state index contributed by atoms with van der Waals surface area (Å²) < 4.78 is 85.4. The van der Waals surface area contributed by atoms with Crippen molar-refractivity contribution in [1.29, 1.82) is 0 Å². The second-order valence-electron chi connectivity index (χ2n) is 8.89. The fraction of sp³-hybridized carbons (Fsp3) is 0.308. The second-order valence-corrected chi connectivity index (χ2v) is 12.8. The number of ether oxygens (including phenoxy) is 3. The van der Waals surface area contributed by atoms with Crippen LogP contribution in [0.4, 0.5) is 4.39 Å². The van der Waals surface area contributed by atoms with E-state index in [1.54, 1.807) is 30.3 Å². The lowest BCUT2D eigenvalue weighted by Crippen LogP contribution is -2.40. The highest BCUT2D eigenvalue weighted by atomic mass is 32.2. The maximum absolute atomic E-state index is 13.7. The Hall–Kier alpha value is -3.03. The van der Waals surface area contributed by atoms with Gasteiger partial charge in [0.15, 0.2) is 11.5 Å². The van der Waals surface area contributed by atoms with Crippen LogP contribution in [0.1, 0.15) is 11.1 Å². The Labute approximate surface area is 221 Å². The Morgan fingerprint density at radius 1 is 0.789 bits per heavy atom. The van der Waals surface area contributed by atoms with E-state index in [4.69, 9.17) is 14.2 Å². The number of hydrogen-bond donors (Lipinski definition) is 0. The summed E-state index contributed by atoms with van der Waals surface area (Å²) in [6.45, 7) is 1.39. The summed E-state index contributed by atoms with van der Waals surface area (Å²) in [5.41, 5.74) is 1.48. The highest BCUT2D eigenvalue weighted by Crippen LogP contribution is 2.33. The number of fused-ring (bicyclic) bond motifs is 1. The Balaban J connectivity index is 1.40.